The van der Waals surface area contributed by atoms with Crippen LogP contribution in [0.4, 0.5) is 5.69 Å². The molecule has 0 aliphatic carbocycles. The van der Waals surface area contributed by atoms with Crippen LogP contribution < -0.4 is 11.1 Å². The summed E-state index contributed by atoms with van der Waals surface area (Å²) in [7, 11) is 0. The Kier molecular flexibility index (Phi) is 2.80. The molecule has 3 rings (SSSR count). The molecule has 0 unspecified atom stereocenters. The molecule has 4 heteroatoms. The van der Waals surface area contributed by atoms with Gasteiger partial charge in [0.25, 0.3) is 0 Å². The van der Waals surface area contributed by atoms with Gasteiger partial charge in [-0.05, 0) is 42.6 Å². The monoisotopic (exact) mass is 242 g/mol. The Morgan fingerprint density at radius 3 is 3.06 bits per heavy atom. The smallest absolute Gasteiger partial charge is 0.0568 e. The van der Waals surface area contributed by atoms with Crippen LogP contribution in [0.1, 0.15) is 18.1 Å². The second-order valence-corrected chi connectivity index (χ2v) is 4.67. The number of hydrogen-bond donors (Lipinski definition) is 2. The molecule has 0 fully saturated rings. The van der Waals surface area contributed by atoms with Crippen LogP contribution in [0.2, 0.25) is 0 Å². The van der Waals surface area contributed by atoms with Gasteiger partial charge in [-0.15, -0.1) is 0 Å². The van der Waals surface area contributed by atoms with E-state index in [1.54, 1.807) is 0 Å². The predicted molar refractivity (Wildman–Crippen MR) is 73.2 cm³/mol. The third-order valence-corrected chi connectivity index (χ3v) is 3.59. The van der Waals surface area contributed by atoms with E-state index in [4.69, 9.17) is 5.73 Å². The number of anilines is 1. The number of fused-ring (bicyclic) bond motifs is 1. The van der Waals surface area contributed by atoms with Crippen LogP contribution in [0.3, 0.4) is 0 Å². The molecule has 1 aliphatic rings. The van der Waals surface area contributed by atoms with Crippen molar-refractivity contribution in [1.29, 1.82) is 0 Å². The van der Waals surface area contributed by atoms with Crippen LogP contribution in [0.15, 0.2) is 24.5 Å². The van der Waals surface area contributed by atoms with Gasteiger partial charge < -0.3 is 11.1 Å². The molecule has 18 heavy (non-hydrogen) atoms. The SMILES string of the molecule is CCn1cc(-c2ccc(N)c3c2CCNC3)cn1. The number of aryl methyl sites for hydroxylation is 1. The zero-order chi connectivity index (χ0) is 12.5. The molecule has 0 bridgehead atoms. The summed E-state index contributed by atoms with van der Waals surface area (Å²) in [4.78, 5) is 0. The second kappa shape index (κ2) is 4.46. The molecule has 0 saturated heterocycles. The number of nitrogens with one attached hydrogen (secondary N) is 1. The van der Waals surface area contributed by atoms with E-state index in [0.29, 0.717) is 0 Å². The summed E-state index contributed by atoms with van der Waals surface area (Å²) >= 11 is 0. The minimum Gasteiger partial charge on any atom is -0.398 e. The Balaban J connectivity index is 2.11. The molecule has 0 radical (unpaired) electrons. The highest BCUT2D eigenvalue weighted by Crippen LogP contribution is 2.31. The zero-order valence-electron chi connectivity index (χ0n) is 10.6. The highest BCUT2D eigenvalue weighted by Gasteiger charge is 2.17. The van der Waals surface area contributed by atoms with Gasteiger partial charge in [0.1, 0.15) is 0 Å². The number of nitrogen functional groups attached to an aromatic ring is 1. The number of benzene rings is 1. The van der Waals surface area contributed by atoms with E-state index in [1.807, 2.05) is 16.9 Å². The molecule has 3 N–H and O–H groups in total. The Hall–Kier alpha value is -1.81. The lowest BCUT2D eigenvalue weighted by molar-refractivity contribution is 0.646. The lowest BCUT2D eigenvalue weighted by Gasteiger charge is -2.21. The van der Waals surface area contributed by atoms with Crippen molar-refractivity contribution in [1.82, 2.24) is 15.1 Å². The average molecular weight is 242 g/mol. The van der Waals surface area contributed by atoms with Crippen molar-refractivity contribution in [3.05, 3.63) is 35.7 Å². The topological polar surface area (TPSA) is 55.9 Å². The van der Waals surface area contributed by atoms with Crippen molar-refractivity contribution >= 4 is 5.69 Å². The largest absolute Gasteiger partial charge is 0.398 e. The fourth-order valence-electron chi connectivity index (χ4n) is 2.58. The van der Waals surface area contributed by atoms with Crippen molar-refractivity contribution < 1.29 is 0 Å². The average Bonchev–Trinajstić information content (AvgIpc) is 2.88. The second-order valence-electron chi connectivity index (χ2n) is 4.67. The minimum absolute atomic E-state index is 0.872. The first-order valence-corrected chi connectivity index (χ1v) is 6.43. The number of nitrogens with two attached hydrogens (primary N) is 1. The van der Waals surface area contributed by atoms with Crippen molar-refractivity contribution in [3.8, 4) is 11.1 Å². The predicted octanol–water partition coefficient (Wildman–Crippen LogP) is 1.80. The molecule has 94 valence electrons. The van der Waals surface area contributed by atoms with E-state index in [0.717, 1.165) is 31.7 Å². The van der Waals surface area contributed by atoms with Crippen LogP contribution in [0, 0.1) is 0 Å². The van der Waals surface area contributed by atoms with Crippen LogP contribution in [-0.4, -0.2) is 16.3 Å². The molecule has 0 amide bonds. The summed E-state index contributed by atoms with van der Waals surface area (Å²) < 4.78 is 1.96. The maximum Gasteiger partial charge on any atom is 0.0568 e. The maximum atomic E-state index is 6.06. The third kappa shape index (κ3) is 1.78. The molecule has 0 saturated carbocycles. The lowest BCUT2D eigenvalue weighted by atomic mass is 9.91. The van der Waals surface area contributed by atoms with E-state index in [-0.39, 0.29) is 0 Å². The van der Waals surface area contributed by atoms with E-state index in [9.17, 15) is 0 Å². The molecular formula is C14H18N4. The maximum absolute atomic E-state index is 6.06. The van der Waals surface area contributed by atoms with Gasteiger partial charge in [-0.2, -0.15) is 5.10 Å². The fraction of sp³-hybridized carbons (Fsp3) is 0.357. The Morgan fingerprint density at radius 2 is 2.28 bits per heavy atom. The molecule has 2 heterocycles. The van der Waals surface area contributed by atoms with Gasteiger partial charge in [-0.1, -0.05) is 6.07 Å². The van der Waals surface area contributed by atoms with Crippen LogP contribution >= 0.6 is 0 Å². The van der Waals surface area contributed by atoms with Gasteiger partial charge in [-0.25, -0.2) is 0 Å². The third-order valence-electron chi connectivity index (χ3n) is 3.59. The molecule has 4 nitrogen and oxygen atoms in total. The number of aromatic nitrogens is 2. The first-order chi connectivity index (χ1) is 8.79. The highest BCUT2D eigenvalue weighted by molar-refractivity contribution is 5.72. The molecule has 1 aromatic heterocycles. The van der Waals surface area contributed by atoms with E-state index in [2.05, 4.69) is 29.6 Å². The van der Waals surface area contributed by atoms with Gasteiger partial charge in [0, 0.05) is 30.5 Å². The lowest BCUT2D eigenvalue weighted by Crippen LogP contribution is -2.25. The van der Waals surface area contributed by atoms with E-state index >= 15 is 0 Å². The van der Waals surface area contributed by atoms with Crippen molar-refractivity contribution in [2.75, 3.05) is 12.3 Å². The minimum atomic E-state index is 0.872. The zero-order valence-corrected chi connectivity index (χ0v) is 10.6. The first kappa shape index (κ1) is 11.3. The Morgan fingerprint density at radius 1 is 1.39 bits per heavy atom. The Labute approximate surface area is 107 Å². The summed E-state index contributed by atoms with van der Waals surface area (Å²) in [5.41, 5.74) is 12.1. The number of nitrogens with zero attached hydrogens (tertiary/aromatic N) is 2. The number of hydrogen-bond acceptors (Lipinski definition) is 3. The van der Waals surface area contributed by atoms with Gasteiger partial charge in [0.05, 0.1) is 6.20 Å². The van der Waals surface area contributed by atoms with Gasteiger partial charge >= 0.3 is 0 Å². The molecule has 1 aliphatic heterocycles. The van der Waals surface area contributed by atoms with Crippen molar-refractivity contribution in [2.24, 2.45) is 0 Å². The molecule has 2 aromatic rings. The summed E-state index contributed by atoms with van der Waals surface area (Å²) in [5, 5.41) is 7.73. The normalized spacial score (nSPS) is 14.5. The summed E-state index contributed by atoms with van der Waals surface area (Å²) in [6, 6.07) is 4.13. The van der Waals surface area contributed by atoms with Gasteiger partial charge in [0.2, 0.25) is 0 Å². The van der Waals surface area contributed by atoms with Gasteiger partial charge in [0.15, 0.2) is 0 Å². The van der Waals surface area contributed by atoms with Crippen molar-refractivity contribution in [2.45, 2.75) is 26.4 Å². The molecular weight excluding hydrogens is 224 g/mol. The van der Waals surface area contributed by atoms with Crippen LogP contribution in [0.25, 0.3) is 11.1 Å². The highest BCUT2D eigenvalue weighted by atomic mass is 15.3. The quantitative estimate of drug-likeness (QED) is 0.789. The van der Waals surface area contributed by atoms with Crippen LogP contribution in [-0.2, 0) is 19.5 Å². The number of rotatable bonds is 2. The Bertz CT molecular complexity index is 571. The van der Waals surface area contributed by atoms with Crippen LogP contribution in [0.5, 0.6) is 0 Å². The molecule has 0 atom stereocenters. The summed E-state index contributed by atoms with van der Waals surface area (Å²) in [6.45, 7) is 4.89. The van der Waals surface area contributed by atoms with Crippen molar-refractivity contribution in [3.63, 3.8) is 0 Å². The molecule has 1 aromatic carbocycles. The molecule has 0 spiro atoms. The first-order valence-electron chi connectivity index (χ1n) is 6.43. The van der Waals surface area contributed by atoms with Gasteiger partial charge in [-0.3, -0.25) is 4.68 Å². The fourth-order valence-corrected chi connectivity index (χ4v) is 2.58. The summed E-state index contributed by atoms with van der Waals surface area (Å²) in [6.07, 6.45) is 5.08. The summed E-state index contributed by atoms with van der Waals surface area (Å²) in [5.74, 6) is 0. The standard InChI is InChI=1S/C14H18N4/c1-2-18-9-10(7-17-18)11-3-4-14(15)13-8-16-6-5-12(11)13/h3-4,7,9,16H,2,5-6,8,15H2,1H3. The van der Waals surface area contributed by atoms with E-state index < -0.39 is 0 Å². The van der Waals surface area contributed by atoms with E-state index in [1.165, 1.54) is 22.3 Å².